The van der Waals surface area contributed by atoms with E-state index in [1.807, 2.05) is 30.3 Å². The molecular weight excluding hydrogens is 588 g/mol. The number of aromatic nitrogens is 2. The molecule has 2 fully saturated rings. The fourth-order valence-corrected chi connectivity index (χ4v) is 7.16. The van der Waals surface area contributed by atoms with Crippen LogP contribution in [0.3, 0.4) is 0 Å². The Morgan fingerprint density at radius 1 is 0.932 bits per heavy atom. The van der Waals surface area contributed by atoms with Crippen molar-refractivity contribution in [3.63, 3.8) is 0 Å². The second-order valence-corrected chi connectivity index (χ2v) is 13.3. The molecule has 1 unspecified atom stereocenters. The van der Waals surface area contributed by atoms with E-state index >= 15 is 0 Å². The van der Waals surface area contributed by atoms with E-state index < -0.39 is 32.5 Å². The molecule has 2 saturated heterocycles. The van der Waals surface area contributed by atoms with Crippen molar-refractivity contribution in [2.45, 2.75) is 35.2 Å². The van der Waals surface area contributed by atoms with Crippen molar-refractivity contribution in [3.05, 3.63) is 84.1 Å². The third-order valence-corrected chi connectivity index (χ3v) is 9.92. The monoisotopic (exact) mass is 623 g/mol. The van der Waals surface area contributed by atoms with Gasteiger partial charge in [-0.15, -0.1) is 0 Å². The lowest BCUT2D eigenvalue weighted by atomic mass is 10.1. The van der Waals surface area contributed by atoms with Crippen LogP contribution < -0.4 is 15.6 Å². The minimum absolute atomic E-state index is 0.105. The minimum atomic E-state index is -4.18. The van der Waals surface area contributed by atoms with Gasteiger partial charge in [-0.3, -0.25) is 14.7 Å². The van der Waals surface area contributed by atoms with Crippen molar-refractivity contribution in [2.75, 3.05) is 56.8 Å². The van der Waals surface area contributed by atoms with Gasteiger partial charge in [-0.05, 0) is 75.4 Å². The first-order valence-electron chi connectivity index (χ1n) is 14.7. The smallest absolute Gasteiger partial charge is 0.255 e. The summed E-state index contributed by atoms with van der Waals surface area (Å²) < 4.78 is 53.9. The molecular formula is C31H35F2N7O3S. The molecule has 44 heavy (non-hydrogen) atoms. The average molecular weight is 624 g/mol. The van der Waals surface area contributed by atoms with Gasteiger partial charge in [0.25, 0.3) is 5.91 Å². The normalized spacial score (nSPS) is 18.4. The Balaban J connectivity index is 1.23. The zero-order valence-corrected chi connectivity index (χ0v) is 25.2. The van der Waals surface area contributed by atoms with Gasteiger partial charge in [0.2, 0.25) is 9.84 Å². The van der Waals surface area contributed by atoms with Crippen molar-refractivity contribution in [2.24, 2.45) is 0 Å². The molecule has 0 spiro atoms. The number of likely N-dealkylation sites (N-methyl/N-ethyl adjacent to an activating group) is 1. The Morgan fingerprint density at radius 3 is 2.45 bits per heavy atom. The largest absolute Gasteiger partial charge is 0.372 e. The number of sulfone groups is 1. The molecule has 0 bridgehead atoms. The predicted octanol–water partition coefficient (Wildman–Crippen LogP) is 3.64. The van der Waals surface area contributed by atoms with Gasteiger partial charge in [0.05, 0.1) is 40.3 Å². The first-order chi connectivity index (χ1) is 21.2. The number of nitrogens with one attached hydrogen (secondary N) is 2. The van der Waals surface area contributed by atoms with Gasteiger partial charge in [0.15, 0.2) is 0 Å². The summed E-state index contributed by atoms with van der Waals surface area (Å²) in [6.07, 6.45) is 4.72. The Bertz CT molecular complexity index is 1750. The van der Waals surface area contributed by atoms with Gasteiger partial charge in [-0.2, -0.15) is 9.89 Å². The number of piperidine rings is 1. The second-order valence-electron chi connectivity index (χ2n) is 11.3. The van der Waals surface area contributed by atoms with Crippen molar-refractivity contribution in [1.29, 1.82) is 0 Å². The molecule has 1 aromatic heterocycles. The van der Waals surface area contributed by atoms with Crippen LogP contribution in [-0.4, -0.2) is 86.6 Å². The second kappa shape index (κ2) is 12.5. The molecule has 0 saturated carbocycles. The van der Waals surface area contributed by atoms with Gasteiger partial charge in [-0.25, -0.2) is 17.2 Å². The summed E-state index contributed by atoms with van der Waals surface area (Å²) in [5.74, 6) is -2.16. The number of rotatable bonds is 8. The van der Waals surface area contributed by atoms with Crippen LogP contribution in [0.2, 0.25) is 0 Å². The van der Waals surface area contributed by atoms with Gasteiger partial charge in [0, 0.05) is 30.2 Å². The topological polar surface area (TPSA) is 103 Å². The molecule has 0 aliphatic carbocycles. The molecule has 13 heteroatoms. The lowest BCUT2D eigenvalue weighted by Gasteiger charge is -2.41. The lowest BCUT2D eigenvalue weighted by Crippen LogP contribution is -2.63. The number of piperazine rings is 1. The number of amides is 1. The molecule has 6 rings (SSSR count). The Hall–Kier alpha value is -4.07. The van der Waals surface area contributed by atoms with Crippen molar-refractivity contribution < 1.29 is 22.0 Å². The van der Waals surface area contributed by atoms with E-state index in [1.54, 1.807) is 16.9 Å². The number of hydrogen-bond donors (Lipinski definition) is 2. The quantitative estimate of drug-likeness (QED) is 0.307. The molecule has 1 atom stereocenters. The van der Waals surface area contributed by atoms with E-state index in [4.69, 9.17) is 0 Å². The van der Waals surface area contributed by atoms with E-state index in [0.717, 1.165) is 37.5 Å². The minimum Gasteiger partial charge on any atom is -0.372 e. The SMILES string of the molecule is CN1CCN(n2ncc3cc(S(=O)(=O)c4cc(F)cc(F)c4)ccc32)C(NC(=O)c2ccccc2NCN2CCCCC2)C1. The van der Waals surface area contributed by atoms with Crippen LogP contribution in [0.4, 0.5) is 14.5 Å². The fraction of sp³-hybridized carbons (Fsp3) is 0.355. The number of fused-ring (bicyclic) bond motifs is 1. The third-order valence-electron chi connectivity index (χ3n) is 8.19. The number of hydrogen-bond acceptors (Lipinski definition) is 8. The maximum absolute atomic E-state index is 13.8. The standard InChI is InChI=1S/C31H35F2N7O3S/c1-37-13-14-39(30(20-37)36-31(41)27-7-3-4-8-28(27)34-21-38-11-5-2-6-12-38)40-29-10-9-25(15-22(29)19-35-40)44(42,43)26-17-23(32)16-24(33)18-26/h3-4,7-10,15-19,30,34H,2,5-6,11-14,20-21H2,1H3,(H,36,41). The summed E-state index contributed by atoms with van der Waals surface area (Å²) in [6.45, 7) is 4.56. The molecule has 4 aromatic rings. The molecule has 1 amide bonds. The van der Waals surface area contributed by atoms with Gasteiger partial charge < -0.3 is 15.5 Å². The highest BCUT2D eigenvalue weighted by Crippen LogP contribution is 2.27. The Kier molecular flexibility index (Phi) is 8.52. The number of para-hydroxylation sites is 1. The highest BCUT2D eigenvalue weighted by Gasteiger charge is 2.30. The molecule has 2 N–H and O–H groups in total. The number of likely N-dealkylation sites (tertiary alicyclic amines) is 1. The van der Waals surface area contributed by atoms with Crippen LogP contribution in [0.25, 0.3) is 10.9 Å². The zero-order valence-electron chi connectivity index (χ0n) is 24.4. The van der Waals surface area contributed by atoms with Crippen LogP contribution >= 0.6 is 0 Å². The Morgan fingerprint density at radius 2 is 1.68 bits per heavy atom. The van der Waals surface area contributed by atoms with Crippen molar-refractivity contribution in [1.82, 2.24) is 25.0 Å². The van der Waals surface area contributed by atoms with E-state index in [-0.39, 0.29) is 10.8 Å². The van der Waals surface area contributed by atoms with Crippen molar-refractivity contribution in [3.8, 4) is 0 Å². The first kappa shape index (κ1) is 30.0. The maximum Gasteiger partial charge on any atom is 0.255 e. The number of carbonyl (C=O) groups is 1. The molecule has 10 nitrogen and oxygen atoms in total. The summed E-state index contributed by atoms with van der Waals surface area (Å²) in [7, 11) is -2.19. The summed E-state index contributed by atoms with van der Waals surface area (Å²) in [5.41, 5.74) is 1.94. The number of nitrogens with zero attached hydrogens (tertiary/aromatic N) is 5. The molecule has 2 aliphatic rings. The third kappa shape index (κ3) is 6.26. The average Bonchev–Trinajstić information content (AvgIpc) is 3.43. The molecule has 3 aromatic carbocycles. The summed E-state index contributed by atoms with van der Waals surface area (Å²) in [6, 6.07) is 14.1. The summed E-state index contributed by atoms with van der Waals surface area (Å²) >= 11 is 0. The summed E-state index contributed by atoms with van der Waals surface area (Å²) in [4.78, 5) is 19.2. The number of benzene rings is 3. The molecule has 0 radical (unpaired) electrons. The van der Waals surface area contributed by atoms with E-state index in [9.17, 15) is 22.0 Å². The van der Waals surface area contributed by atoms with Crippen LogP contribution in [0.15, 0.2) is 76.7 Å². The Labute approximate surface area is 255 Å². The highest BCUT2D eigenvalue weighted by atomic mass is 32.2. The lowest BCUT2D eigenvalue weighted by molar-refractivity contribution is 0.0904. The molecule has 3 heterocycles. The molecule has 232 valence electrons. The number of anilines is 1. The van der Waals surface area contributed by atoms with Gasteiger partial charge >= 0.3 is 0 Å². The van der Waals surface area contributed by atoms with Crippen LogP contribution in [0.5, 0.6) is 0 Å². The van der Waals surface area contributed by atoms with Crippen LogP contribution in [0.1, 0.15) is 29.6 Å². The highest BCUT2D eigenvalue weighted by molar-refractivity contribution is 7.91. The van der Waals surface area contributed by atoms with E-state index in [2.05, 4.69) is 25.5 Å². The van der Waals surface area contributed by atoms with Crippen LogP contribution in [-0.2, 0) is 9.84 Å². The first-order valence-corrected chi connectivity index (χ1v) is 16.2. The summed E-state index contributed by atoms with van der Waals surface area (Å²) in [5, 5.41) is 13.6. The van der Waals surface area contributed by atoms with Gasteiger partial charge in [-0.1, -0.05) is 18.6 Å². The molecule has 2 aliphatic heterocycles. The van der Waals surface area contributed by atoms with Crippen LogP contribution in [0, 0.1) is 11.6 Å². The van der Waals surface area contributed by atoms with E-state index in [1.165, 1.54) is 37.6 Å². The number of carbonyl (C=O) groups excluding carboxylic acids is 1. The zero-order chi connectivity index (χ0) is 30.8. The van der Waals surface area contributed by atoms with E-state index in [0.29, 0.717) is 42.3 Å². The number of halogens is 2. The predicted molar refractivity (Wildman–Crippen MR) is 164 cm³/mol. The fourth-order valence-electron chi connectivity index (χ4n) is 5.82. The maximum atomic E-state index is 13.8. The van der Waals surface area contributed by atoms with Crippen molar-refractivity contribution >= 4 is 32.3 Å². The van der Waals surface area contributed by atoms with Gasteiger partial charge in [0.1, 0.15) is 17.8 Å².